The van der Waals surface area contributed by atoms with Crippen LogP contribution in [0.4, 0.5) is 0 Å². The van der Waals surface area contributed by atoms with E-state index in [9.17, 15) is 9.59 Å². The van der Waals surface area contributed by atoms with Gasteiger partial charge in [-0.05, 0) is 12.8 Å². The SMILES string of the molecule is CN(C)C(=O)CN1C[C@@H]2CN(C3CCOCC3)C[C@@H]2C1=O. The van der Waals surface area contributed by atoms with Gasteiger partial charge >= 0.3 is 0 Å². The molecule has 118 valence electrons. The molecule has 3 saturated heterocycles. The van der Waals surface area contributed by atoms with Crippen molar-refractivity contribution in [2.45, 2.75) is 18.9 Å². The lowest BCUT2D eigenvalue weighted by molar-refractivity contribution is -0.138. The summed E-state index contributed by atoms with van der Waals surface area (Å²) in [5.74, 6) is 0.674. The molecule has 0 saturated carbocycles. The van der Waals surface area contributed by atoms with E-state index in [1.807, 2.05) is 0 Å². The van der Waals surface area contributed by atoms with Crippen LogP contribution < -0.4 is 0 Å². The maximum absolute atomic E-state index is 12.5. The van der Waals surface area contributed by atoms with Crippen molar-refractivity contribution in [3.8, 4) is 0 Å². The maximum atomic E-state index is 12.5. The van der Waals surface area contributed by atoms with Crippen LogP contribution >= 0.6 is 0 Å². The van der Waals surface area contributed by atoms with Gasteiger partial charge in [0.05, 0.1) is 12.5 Å². The molecule has 0 spiro atoms. The predicted molar refractivity (Wildman–Crippen MR) is 77.7 cm³/mol. The lowest BCUT2D eigenvalue weighted by Crippen LogP contribution is -2.43. The highest BCUT2D eigenvalue weighted by molar-refractivity contribution is 5.87. The number of likely N-dealkylation sites (tertiary alicyclic amines) is 2. The fourth-order valence-electron chi connectivity index (χ4n) is 3.77. The number of carbonyl (C=O) groups excluding carboxylic acids is 2. The molecule has 0 aliphatic carbocycles. The molecular formula is C15H25N3O3. The number of fused-ring (bicyclic) bond motifs is 1. The van der Waals surface area contributed by atoms with E-state index in [1.165, 1.54) is 0 Å². The van der Waals surface area contributed by atoms with Gasteiger partial charge in [0.1, 0.15) is 0 Å². The Morgan fingerprint density at radius 1 is 1.24 bits per heavy atom. The van der Waals surface area contributed by atoms with Crippen LogP contribution in [0.25, 0.3) is 0 Å². The van der Waals surface area contributed by atoms with E-state index in [2.05, 4.69) is 4.90 Å². The Hall–Kier alpha value is -1.14. The summed E-state index contributed by atoms with van der Waals surface area (Å²) in [5, 5.41) is 0. The van der Waals surface area contributed by atoms with Gasteiger partial charge in [0.25, 0.3) is 0 Å². The van der Waals surface area contributed by atoms with E-state index in [0.717, 1.165) is 45.7 Å². The number of likely N-dealkylation sites (N-methyl/N-ethyl adjacent to an activating group) is 1. The number of carbonyl (C=O) groups is 2. The number of hydrogen-bond donors (Lipinski definition) is 0. The zero-order valence-corrected chi connectivity index (χ0v) is 13.0. The Morgan fingerprint density at radius 3 is 2.57 bits per heavy atom. The number of ether oxygens (including phenoxy) is 1. The van der Waals surface area contributed by atoms with E-state index in [1.54, 1.807) is 23.9 Å². The third-order valence-electron chi connectivity index (χ3n) is 5.09. The Balaban J connectivity index is 1.56. The summed E-state index contributed by atoms with van der Waals surface area (Å²) in [4.78, 5) is 30.0. The smallest absolute Gasteiger partial charge is 0.241 e. The van der Waals surface area contributed by atoms with Crippen LogP contribution in [-0.4, -0.2) is 86.0 Å². The van der Waals surface area contributed by atoms with E-state index >= 15 is 0 Å². The standard InChI is InChI=1S/C15H25N3O3/c1-16(2)14(19)10-18-8-11-7-17(9-13(11)15(18)20)12-3-5-21-6-4-12/h11-13H,3-10H2,1-2H3/t11-,13-/m0/s1. The van der Waals surface area contributed by atoms with Gasteiger partial charge < -0.3 is 14.5 Å². The van der Waals surface area contributed by atoms with Crippen LogP contribution in [0.1, 0.15) is 12.8 Å². The largest absolute Gasteiger partial charge is 0.381 e. The van der Waals surface area contributed by atoms with Crippen molar-refractivity contribution >= 4 is 11.8 Å². The zero-order valence-electron chi connectivity index (χ0n) is 13.0. The molecule has 0 N–H and O–H groups in total. The van der Waals surface area contributed by atoms with Crippen LogP contribution in [0.5, 0.6) is 0 Å². The van der Waals surface area contributed by atoms with Crippen molar-refractivity contribution in [2.24, 2.45) is 11.8 Å². The fraction of sp³-hybridized carbons (Fsp3) is 0.867. The molecule has 0 aromatic carbocycles. The van der Waals surface area contributed by atoms with Crippen LogP contribution in [0, 0.1) is 11.8 Å². The number of amides is 2. The van der Waals surface area contributed by atoms with Crippen molar-refractivity contribution in [1.29, 1.82) is 0 Å². The van der Waals surface area contributed by atoms with Crippen molar-refractivity contribution in [1.82, 2.24) is 14.7 Å². The van der Waals surface area contributed by atoms with Gasteiger partial charge in [0.2, 0.25) is 11.8 Å². The van der Waals surface area contributed by atoms with Crippen LogP contribution in [0.3, 0.4) is 0 Å². The first-order valence-electron chi connectivity index (χ1n) is 7.87. The molecule has 2 atom stereocenters. The highest BCUT2D eigenvalue weighted by Gasteiger charge is 2.47. The van der Waals surface area contributed by atoms with E-state index in [4.69, 9.17) is 4.74 Å². The van der Waals surface area contributed by atoms with Crippen LogP contribution in [0.15, 0.2) is 0 Å². The quantitative estimate of drug-likeness (QED) is 0.714. The lowest BCUT2D eigenvalue weighted by atomic mass is 10.0. The Bertz CT molecular complexity index is 420. The van der Waals surface area contributed by atoms with Gasteiger partial charge in [-0.2, -0.15) is 0 Å². The molecule has 0 radical (unpaired) electrons. The molecule has 6 heteroatoms. The fourth-order valence-corrected chi connectivity index (χ4v) is 3.77. The van der Waals surface area contributed by atoms with Crippen molar-refractivity contribution in [2.75, 3.05) is 53.5 Å². The van der Waals surface area contributed by atoms with E-state index in [-0.39, 0.29) is 24.3 Å². The number of hydrogen-bond acceptors (Lipinski definition) is 4. The molecule has 3 rings (SSSR count). The molecule has 21 heavy (non-hydrogen) atoms. The van der Waals surface area contributed by atoms with E-state index < -0.39 is 0 Å². The van der Waals surface area contributed by atoms with Crippen molar-refractivity contribution in [3.05, 3.63) is 0 Å². The molecule has 3 aliphatic rings. The Labute approximate surface area is 126 Å². The van der Waals surface area contributed by atoms with Crippen LogP contribution in [0.2, 0.25) is 0 Å². The third-order valence-corrected chi connectivity index (χ3v) is 5.09. The minimum atomic E-state index is 0.00427. The van der Waals surface area contributed by atoms with Crippen molar-refractivity contribution in [3.63, 3.8) is 0 Å². The summed E-state index contributed by atoms with van der Waals surface area (Å²) < 4.78 is 5.41. The predicted octanol–water partition coefficient (Wildman–Crippen LogP) is -0.356. The van der Waals surface area contributed by atoms with Gasteiger partial charge in [0.15, 0.2) is 0 Å². The molecule has 3 fully saturated rings. The average molecular weight is 295 g/mol. The minimum absolute atomic E-state index is 0.00427. The molecule has 2 amide bonds. The first-order valence-corrected chi connectivity index (χ1v) is 7.87. The first-order chi connectivity index (χ1) is 10.1. The summed E-state index contributed by atoms with van der Waals surface area (Å²) in [6.45, 7) is 4.51. The summed E-state index contributed by atoms with van der Waals surface area (Å²) in [6.07, 6.45) is 2.16. The molecule has 0 aromatic heterocycles. The minimum Gasteiger partial charge on any atom is -0.381 e. The first kappa shape index (κ1) is 14.8. The monoisotopic (exact) mass is 295 g/mol. The normalized spacial score (nSPS) is 30.8. The number of rotatable bonds is 3. The molecule has 0 bridgehead atoms. The summed E-state index contributed by atoms with van der Waals surface area (Å²) in [6, 6.07) is 0.578. The highest BCUT2D eigenvalue weighted by Crippen LogP contribution is 2.34. The van der Waals surface area contributed by atoms with Crippen LogP contribution in [-0.2, 0) is 14.3 Å². The Morgan fingerprint density at radius 2 is 1.95 bits per heavy atom. The summed E-state index contributed by atoms with van der Waals surface area (Å²) in [5.41, 5.74) is 0. The van der Waals surface area contributed by atoms with E-state index in [0.29, 0.717) is 12.0 Å². The Kier molecular flexibility index (Phi) is 4.17. The second-order valence-electron chi connectivity index (χ2n) is 6.67. The topological polar surface area (TPSA) is 53.1 Å². The molecule has 3 heterocycles. The van der Waals surface area contributed by atoms with Gasteiger partial charge in [-0.25, -0.2) is 0 Å². The zero-order chi connectivity index (χ0) is 15.0. The molecule has 6 nitrogen and oxygen atoms in total. The third kappa shape index (κ3) is 2.92. The van der Waals surface area contributed by atoms with Crippen molar-refractivity contribution < 1.29 is 14.3 Å². The second-order valence-corrected chi connectivity index (χ2v) is 6.67. The second kappa shape index (κ2) is 5.93. The summed E-state index contributed by atoms with van der Waals surface area (Å²) in [7, 11) is 3.47. The van der Waals surface area contributed by atoms with Gasteiger partial charge in [-0.1, -0.05) is 0 Å². The number of nitrogens with zero attached hydrogens (tertiary/aromatic N) is 3. The van der Waals surface area contributed by atoms with Gasteiger partial charge in [0, 0.05) is 58.9 Å². The molecular weight excluding hydrogens is 270 g/mol. The average Bonchev–Trinajstić information content (AvgIpc) is 3.01. The van der Waals surface area contributed by atoms with Gasteiger partial charge in [-0.15, -0.1) is 0 Å². The molecule has 3 aliphatic heterocycles. The lowest BCUT2D eigenvalue weighted by Gasteiger charge is -2.32. The molecule has 0 unspecified atom stereocenters. The maximum Gasteiger partial charge on any atom is 0.241 e. The summed E-state index contributed by atoms with van der Waals surface area (Å²) >= 11 is 0. The highest BCUT2D eigenvalue weighted by atomic mass is 16.5. The van der Waals surface area contributed by atoms with Gasteiger partial charge in [-0.3, -0.25) is 14.5 Å². The molecule has 0 aromatic rings.